The highest BCUT2D eigenvalue weighted by Crippen LogP contribution is 2.28. The van der Waals surface area contributed by atoms with Gasteiger partial charge in [-0.3, -0.25) is 0 Å². The first-order valence-electron chi connectivity index (χ1n) is 5.04. The third-order valence-corrected chi connectivity index (χ3v) is 3.02. The van der Waals surface area contributed by atoms with Crippen molar-refractivity contribution in [1.29, 1.82) is 0 Å². The van der Waals surface area contributed by atoms with E-state index in [1.807, 2.05) is 13.8 Å². The first-order chi connectivity index (χ1) is 5.95. The second-order valence-corrected chi connectivity index (χ2v) is 4.48. The van der Waals surface area contributed by atoms with E-state index in [0.717, 1.165) is 0 Å². The van der Waals surface area contributed by atoms with Crippen LogP contribution in [0.3, 0.4) is 0 Å². The SMILES string of the molecule is CC(C)C1OC(C)C(N)C(O)C1C. The smallest absolute Gasteiger partial charge is 0.0766 e. The molecule has 0 aromatic heterocycles. The lowest BCUT2D eigenvalue weighted by atomic mass is 9.83. The van der Waals surface area contributed by atoms with Crippen LogP contribution in [0.25, 0.3) is 0 Å². The molecule has 78 valence electrons. The maximum absolute atomic E-state index is 9.83. The van der Waals surface area contributed by atoms with Crippen LogP contribution < -0.4 is 5.73 Å². The van der Waals surface area contributed by atoms with Crippen LogP contribution in [0.4, 0.5) is 0 Å². The summed E-state index contributed by atoms with van der Waals surface area (Å²) in [6, 6.07) is -0.245. The van der Waals surface area contributed by atoms with Gasteiger partial charge in [-0.15, -0.1) is 0 Å². The molecule has 1 heterocycles. The van der Waals surface area contributed by atoms with Gasteiger partial charge in [0.15, 0.2) is 0 Å². The van der Waals surface area contributed by atoms with Crippen molar-refractivity contribution in [2.75, 3.05) is 0 Å². The maximum Gasteiger partial charge on any atom is 0.0766 e. The van der Waals surface area contributed by atoms with Gasteiger partial charge in [0, 0.05) is 5.92 Å². The van der Waals surface area contributed by atoms with Crippen molar-refractivity contribution in [2.45, 2.75) is 52.0 Å². The highest BCUT2D eigenvalue weighted by Gasteiger charge is 2.39. The van der Waals surface area contributed by atoms with Crippen molar-refractivity contribution in [3.63, 3.8) is 0 Å². The molecule has 3 heteroatoms. The zero-order valence-electron chi connectivity index (χ0n) is 8.90. The van der Waals surface area contributed by atoms with Gasteiger partial charge in [0.25, 0.3) is 0 Å². The van der Waals surface area contributed by atoms with Gasteiger partial charge in [-0.2, -0.15) is 0 Å². The van der Waals surface area contributed by atoms with E-state index in [1.54, 1.807) is 0 Å². The summed E-state index contributed by atoms with van der Waals surface area (Å²) >= 11 is 0. The summed E-state index contributed by atoms with van der Waals surface area (Å²) in [4.78, 5) is 0. The fourth-order valence-electron chi connectivity index (χ4n) is 2.05. The van der Waals surface area contributed by atoms with Crippen molar-refractivity contribution in [2.24, 2.45) is 17.6 Å². The van der Waals surface area contributed by atoms with Crippen molar-refractivity contribution in [3.8, 4) is 0 Å². The van der Waals surface area contributed by atoms with E-state index >= 15 is 0 Å². The second kappa shape index (κ2) is 3.95. The molecular formula is C10H21NO2. The Hall–Kier alpha value is -0.120. The number of hydrogen-bond acceptors (Lipinski definition) is 3. The average molecular weight is 187 g/mol. The molecule has 1 fully saturated rings. The number of aliphatic hydroxyl groups is 1. The summed E-state index contributed by atoms with van der Waals surface area (Å²) in [5, 5.41) is 9.83. The molecule has 1 rings (SSSR count). The molecule has 3 nitrogen and oxygen atoms in total. The maximum atomic E-state index is 9.83. The lowest BCUT2D eigenvalue weighted by Crippen LogP contribution is -2.57. The van der Waals surface area contributed by atoms with Gasteiger partial charge < -0.3 is 15.6 Å². The van der Waals surface area contributed by atoms with E-state index in [4.69, 9.17) is 10.5 Å². The van der Waals surface area contributed by atoms with Crippen LogP contribution in [0, 0.1) is 11.8 Å². The van der Waals surface area contributed by atoms with Crippen LogP contribution in [0.15, 0.2) is 0 Å². The van der Waals surface area contributed by atoms with Crippen LogP contribution in [0.2, 0.25) is 0 Å². The Kier molecular flexibility index (Phi) is 3.33. The minimum absolute atomic E-state index is 0.0430. The fraction of sp³-hybridized carbons (Fsp3) is 1.00. The number of aliphatic hydroxyl groups excluding tert-OH is 1. The predicted octanol–water partition coefficient (Wildman–Crippen LogP) is 0.754. The Morgan fingerprint density at radius 1 is 1.31 bits per heavy atom. The molecule has 0 saturated carbocycles. The zero-order valence-corrected chi connectivity index (χ0v) is 8.90. The summed E-state index contributed by atoms with van der Waals surface area (Å²) in [6.07, 6.45) is -0.348. The monoisotopic (exact) mass is 187 g/mol. The van der Waals surface area contributed by atoms with Gasteiger partial charge >= 0.3 is 0 Å². The van der Waals surface area contributed by atoms with Gasteiger partial charge in [-0.25, -0.2) is 0 Å². The largest absolute Gasteiger partial charge is 0.391 e. The van der Waals surface area contributed by atoms with Crippen LogP contribution in [-0.2, 0) is 4.74 Å². The average Bonchev–Trinajstić information content (AvgIpc) is 2.07. The van der Waals surface area contributed by atoms with E-state index in [9.17, 15) is 5.11 Å². The Morgan fingerprint density at radius 2 is 1.85 bits per heavy atom. The molecule has 5 unspecified atom stereocenters. The Bertz CT molecular complexity index is 172. The summed E-state index contributed by atoms with van der Waals surface area (Å²) in [5.41, 5.74) is 5.80. The molecule has 0 bridgehead atoms. The first-order valence-corrected chi connectivity index (χ1v) is 5.04. The molecule has 5 atom stereocenters. The molecule has 1 aliphatic heterocycles. The highest BCUT2D eigenvalue weighted by atomic mass is 16.5. The van der Waals surface area contributed by atoms with Crippen LogP contribution in [-0.4, -0.2) is 29.5 Å². The standard InChI is InChI=1S/C10H21NO2/c1-5(2)10-6(3)9(12)8(11)7(4)13-10/h5-10,12H,11H2,1-4H3. The number of rotatable bonds is 1. The topological polar surface area (TPSA) is 55.5 Å². The van der Waals surface area contributed by atoms with Gasteiger partial charge in [-0.1, -0.05) is 20.8 Å². The number of hydrogen-bond donors (Lipinski definition) is 2. The Balaban J connectivity index is 2.70. The quantitative estimate of drug-likeness (QED) is 0.637. The molecule has 0 amide bonds. The molecule has 0 spiro atoms. The van der Waals surface area contributed by atoms with Crippen molar-refractivity contribution in [3.05, 3.63) is 0 Å². The van der Waals surface area contributed by atoms with Gasteiger partial charge in [-0.05, 0) is 12.8 Å². The molecule has 1 saturated heterocycles. The van der Waals surface area contributed by atoms with Crippen LogP contribution in [0.1, 0.15) is 27.7 Å². The molecular weight excluding hydrogens is 166 g/mol. The van der Waals surface area contributed by atoms with Gasteiger partial charge in [0.2, 0.25) is 0 Å². The lowest BCUT2D eigenvalue weighted by Gasteiger charge is -2.43. The molecule has 0 aromatic carbocycles. The van der Waals surface area contributed by atoms with E-state index in [-0.39, 0.29) is 24.2 Å². The Morgan fingerprint density at radius 3 is 2.31 bits per heavy atom. The molecule has 13 heavy (non-hydrogen) atoms. The van der Waals surface area contributed by atoms with Crippen LogP contribution in [0.5, 0.6) is 0 Å². The summed E-state index contributed by atoms with van der Waals surface area (Å²) in [7, 11) is 0. The molecule has 0 aromatic rings. The van der Waals surface area contributed by atoms with Crippen molar-refractivity contribution in [1.82, 2.24) is 0 Å². The molecule has 1 aliphatic rings. The highest BCUT2D eigenvalue weighted by molar-refractivity contribution is 4.91. The third-order valence-electron chi connectivity index (χ3n) is 3.02. The fourth-order valence-corrected chi connectivity index (χ4v) is 2.05. The van der Waals surface area contributed by atoms with Crippen molar-refractivity contribution < 1.29 is 9.84 Å². The second-order valence-electron chi connectivity index (χ2n) is 4.48. The number of nitrogens with two attached hydrogens (primary N) is 1. The lowest BCUT2D eigenvalue weighted by molar-refractivity contribution is -0.151. The zero-order chi connectivity index (χ0) is 10.2. The third kappa shape index (κ3) is 2.03. The first kappa shape index (κ1) is 11.0. The summed E-state index contributed by atoms with van der Waals surface area (Å²) in [5.74, 6) is 0.561. The van der Waals surface area contributed by atoms with Crippen LogP contribution >= 0.6 is 0 Å². The predicted molar refractivity (Wildman–Crippen MR) is 52.3 cm³/mol. The molecule has 3 N–H and O–H groups in total. The molecule has 0 radical (unpaired) electrons. The minimum atomic E-state index is -0.434. The summed E-state index contributed by atoms with van der Waals surface area (Å²) < 4.78 is 5.76. The van der Waals surface area contributed by atoms with E-state index in [1.165, 1.54) is 0 Å². The summed E-state index contributed by atoms with van der Waals surface area (Å²) in [6.45, 7) is 8.14. The van der Waals surface area contributed by atoms with Gasteiger partial charge in [0.05, 0.1) is 24.4 Å². The van der Waals surface area contributed by atoms with E-state index in [0.29, 0.717) is 5.92 Å². The Labute approximate surface area is 80.3 Å². The van der Waals surface area contributed by atoms with Gasteiger partial charge in [0.1, 0.15) is 0 Å². The molecule has 0 aliphatic carbocycles. The van der Waals surface area contributed by atoms with E-state index in [2.05, 4.69) is 13.8 Å². The van der Waals surface area contributed by atoms with E-state index < -0.39 is 6.10 Å². The normalized spacial score (nSPS) is 46.8. The number of ether oxygens (including phenoxy) is 1. The minimum Gasteiger partial charge on any atom is -0.391 e. The van der Waals surface area contributed by atoms with Crippen molar-refractivity contribution >= 4 is 0 Å².